The van der Waals surface area contributed by atoms with Gasteiger partial charge in [-0.15, -0.1) is 0 Å². The Kier molecular flexibility index (Phi) is 10.3. The summed E-state index contributed by atoms with van der Waals surface area (Å²) in [4.78, 5) is 7.65. The van der Waals surface area contributed by atoms with Crippen LogP contribution in [0.4, 0.5) is 51.2 Å². The van der Waals surface area contributed by atoms with E-state index in [2.05, 4.69) is 320 Å². The van der Waals surface area contributed by atoms with Gasteiger partial charge in [0.2, 0.25) is 0 Å². The van der Waals surface area contributed by atoms with Crippen LogP contribution in [0, 0.1) is 0 Å². The molecule has 0 unspecified atom stereocenters. The van der Waals surface area contributed by atoms with Gasteiger partial charge in [-0.1, -0.05) is 187 Å². The van der Waals surface area contributed by atoms with Crippen molar-refractivity contribution < 1.29 is 0 Å². The highest BCUT2D eigenvalue weighted by atomic mass is 15.2. The quantitative estimate of drug-likeness (QED) is 0.155. The second kappa shape index (κ2) is 17.7. The Morgan fingerprint density at radius 1 is 0.333 bits per heavy atom. The molecular weight excluding hydrogens is 1020 g/mol. The van der Waals surface area contributed by atoms with Gasteiger partial charge in [-0.3, -0.25) is 0 Å². The molecule has 12 aromatic carbocycles. The molecule has 0 aliphatic carbocycles. The summed E-state index contributed by atoms with van der Waals surface area (Å²) in [6.07, 6.45) is 0. The zero-order chi connectivity index (χ0) is 56.3. The smallest absolute Gasteiger partial charge is 0.252 e. The lowest BCUT2D eigenvalue weighted by Crippen LogP contribution is -2.61. The molecule has 3 aliphatic heterocycles. The average molecular weight is 1080 g/mol. The van der Waals surface area contributed by atoms with Crippen molar-refractivity contribution in [2.24, 2.45) is 0 Å². The van der Waals surface area contributed by atoms with Crippen LogP contribution in [0.2, 0.25) is 0 Å². The van der Waals surface area contributed by atoms with Crippen molar-refractivity contribution in [1.29, 1.82) is 0 Å². The number of rotatable bonds is 6. The number of aromatic nitrogens is 2. The molecule has 0 fully saturated rings. The maximum absolute atomic E-state index is 2.62. The van der Waals surface area contributed by atoms with Crippen molar-refractivity contribution in [2.45, 2.75) is 52.4 Å². The third-order valence-corrected chi connectivity index (χ3v) is 18.4. The van der Waals surface area contributed by atoms with Crippen LogP contribution in [-0.4, -0.2) is 15.8 Å². The summed E-state index contributed by atoms with van der Waals surface area (Å²) >= 11 is 0. The summed E-state index contributed by atoms with van der Waals surface area (Å²) in [7, 11) is 0. The monoisotopic (exact) mass is 1080 g/mol. The average Bonchev–Trinajstić information content (AvgIpc) is 1.10. The SMILES string of the molecule is CC(C)(C)c1ccc2c(c1)c1cc(C(C)(C)C)ccc1n2-c1ccc2c(c1)N(c1ccc(-c3ccc4ccccc4c3)cc1)c1cc(N(c3ccccc3)c3ccccc3)cc3c1B2c1cccc2c1N3c1cccc3c4ccccc4n-2c13. The molecule has 5 nitrogen and oxygen atoms in total. The van der Waals surface area contributed by atoms with Gasteiger partial charge in [-0.25, -0.2) is 0 Å². The van der Waals surface area contributed by atoms with E-state index < -0.39 is 0 Å². The number of hydrogen-bond donors (Lipinski definition) is 0. The van der Waals surface area contributed by atoms with E-state index in [-0.39, 0.29) is 17.5 Å². The van der Waals surface area contributed by atoms with Crippen LogP contribution in [0.3, 0.4) is 0 Å². The first-order chi connectivity index (χ1) is 40.9. The Labute approximate surface area is 490 Å². The molecule has 5 heterocycles. The molecule has 17 rings (SSSR count). The summed E-state index contributed by atoms with van der Waals surface area (Å²) < 4.78 is 5.07. The summed E-state index contributed by atoms with van der Waals surface area (Å²) in [5.41, 5.74) is 26.2. The minimum atomic E-state index is -0.112. The Morgan fingerprint density at radius 2 is 0.905 bits per heavy atom. The van der Waals surface area contributed by atoms with Crippen molar-refractivity contribution in [3.05, 3.63) is 266 Å². The maximum Gasteiger partial charge on any atom is 0.252 e. The van der Waals surface area contributed by atoms with E-state index in [4.69, 9.17) is 0 Å². The third kappa shape index (κ3) is 7.10. The minimum Gasteiger partial charge on any atom is -0.311 e. The second-order valence-corrected chi connectivity index (χ2v) is 25.4. The zero-order valence-electron chi connectivity index (χ0n) is 48.1. The number of para-hydroxylation sites is 5. The van der Waals surface area contributed by atoms with Crippen LogP contribution in [0.1, 0.15) is 52.7 Å². The lowest BCUT2D eigenvalue weighted by atomic mass is 9.33. The normalized spacial score (nSPS) is 13.3. The van der Waals surface area contributed by atoms with E-state index in [1.54, 1.807) is 0 Å². The van der Waals surface area contributed by atoms with E-state index in [0.29, 0.717) is 0 Å². The van der Waals surface area contributed by atoms with Crippen LogP contribution in [-0.2, 0) is 10.8 Å². The molecule has 0 atom stereocenters. The zero-order valence-corrected chi connectivity index (χ0v) is 48.1. The maximum atomic E-state index is 2.62. The van der Waals surface area contributed by atoms with E-state index in [1.807, 2.05) is 0 Å². The Bertz CT molecular complexity index is 4950. The molecule has 84 heavy (non-hydrogen) atoms. The molecule has 2 aromatic heterocycles. The summed E-state index contributed by atoms with van der Waals surface area (Å²) in [6, 6.07) is 96.2. The molecule has 0 saturated heterocycles. The minimum absolute atomic E-state index is 0.0170. The van der Waals surface area contributed by atoms with E-state index in [1.165, 1.54) is 116 Å². The fourth-order valence-corrected chi connectivity index (χ4v) is 14.4. The number of hydrogen-bond acceptors (Lipinski definition) is 3. The van der Waals surface area contributed by atoms with Crippen LogP contribution < -0.4 is 31.1 Å². The highest BCUT2D eigenvalue weighted by Gasteiger charge is 2.47. The fraction of sp³-hybridized carbons (Fsp3) is 0.103. The molecule has 0 spiro atoms. The van der Waals surface area contributed by atoms with Crippen molar-refractivity contribution in [3.8, 4) is 22.5 Å². The van der Waals surface area contributed by atoms with Crippen LogP contribution >= 0.6 is 0 Å². The van der Waals surface area contributed by atoms with Crippen molar-refractivity contribution in [3.63, 3.8) is 0 Å². The topological polar surface area (TPSA) is 19.6 Å². The predicted octanol–water partition coefficient (Wildman–Crippen LogP) is 19.2. The first-order valence-corrected chi connectivity index (χ1v) is 29.6. The summed E-state index contributed by atoms with van der Waals surface area (Å²) in [5.74, 6) is 0. The van der Waals surface area contributed by atoms with Crippen molar-refractivity contribution >= 4 is 129 Å². The van der Waals surface area contributed by atoms with Gasteiger partial charge in [0.05, 0.1) is 44.8 Å². The molecular formula is C78H60BN5. The first kappa shape index (κ1) is 48.7. The number of benzene rings is 12. The molecule has 0 saturated carbocycles. The number of anilines is 9. The van der Waals surface area contributed by atoms with Crippen LogP contribution in [0.15, 0.2) is 255 Å². The summed E-state index contributed by atoms with van der Waals surface area (Å²) in [5, 5.41) is 7.54. The number of nitrogens with zero attached hydrogens (tertiary/aromatic N) is 5. The molecule has 0 radical (unpaired) electrons. The molecule has 6 heteroatoms. The molecule has 0 bridgehead atoms. The van der Waals surface area contributed by atoms with E-state index >= 15 is 0 Å². The summed E-state index contributed by atoms with van der Waals surface area (Å²) in [6.45, 7) is 13.8. The van der Waals surface area contributed by atoms with Crippen molar-refractivity contribution in [2.75, 3.05) is 14.7 Å². The van der Waals surface area contributed by atoms with Gasteiger partial charge >= 0.3 is 0 Å². The van der Waals surface area contributed by atoms with E-state index in [0.717, 1.165) is 39.8 Å². The standard InChI is InChI=1S/C78H60BN5/c1-77(2,3)53-35-41-67-62(44-53)63-45-54(78(4,5)6)36-42-68(63)82(67)58-39-40-64-71(46-58)81(57-37-33-50(34-38-57)52-32-31-49-19-13-14-20-51(49)43-52)72-47-59(80(55-21-9-7-10-22-55)56-23-11-8-12-24-56)48-73-74(72)79(64)65-27-18-30-70-76(65)84(73)69-29-17-26-61-60-25-15-16-28-66(60)83(70)75(61)69/h7-48H,1-6H3. The van der Waals surface area contributed by atoms with Gasteiger partial charge in [0.15, 0.2) is 0 Å². The largest absolute Gasteiger partial charge is 0.311 e. The third-order valence-electron chi connectivity index (χ3n) is 18.4. The van der Waals surface area contributed by atoms with Gasteiger partial charge in [0.25, 0.3) is 6.71 Å². The highest BCUT2D eigenvalue weighted by Crippen LogP contribution is 2.54. The lowest BCUT2D eigenvalue weighted by Gasteiger charge is -2.46. The van der Waals surface area contributed by atoms with Crippen LogP contribution in [0.5, 0.6) is 0 Å². The Morgan fingerprint density at radius 3 is 1.60 bits per heavy atom. The van der Waals surface area contributed by atoms with Gasteiger partial charge < -0.3 is 23.8 Å². The highest BCUT2D eigenvalue weighted by molar-refractivity contribution is 7.00. The Balaban J connectivity index is 0.980. The second-order valence-electron chi connectivity index (χ2n) is 25.4. The van der Waals surface area contributed by atoms with Gasteiger partial charge in [0, 0.05) is 61.4 Å². The molecule has 0 N–H and O–H groups in total. The van der Waals surface area contributed by atoms with Gasteiger partial charge in [-0.05, 0) is 169 Å². The van der Waals surface area contributed by atoms with Crippen LogP contribution in [0.25, 0.3) is 76.9 Å². The molecule has 400 valence electrons. The first-order valence-electron chi connectivity index (χ1n) is 29.6. The molecule has 14 aromatic rings. The van der Waals surface area contributed by atoms with Gasteiger partial charge in [0.1, 0.15) is 0 Å². The van der Waals surface area contributed by atoms with Gasteiger partial charge in [-0.2, -0.15) is 0 Å². The predicted molar refractivity (Wildman–Crippen MR) is 358 cm³/mol. The van der Waals surface area contributed by atoms with Crippen molar-refractivity contribution in [1.82, 2.24) is 9.13 Å². The van der Waals surface area contributed by atoms with E-state index in [9.17, 15) is 0 Å². The molecule has 3 aliphatic rings. The fourth-order valence-electron chi connectivity index (χ4n) is 14.4. The number of fused-ring (bicyclic) bond motifs is 13. The molecule has 0 amide bonds. The lowest BCUT2D eigenvalue weighted by molar-refractivity contribution is 0.590. The Hall–Kier alpha value is -10.0.